The highest BCUT2D eigenvalue weighted by atomic mass is 16.2. The van der Waals surface area contributed by atoms with Crippen molar-refractivity contribution in [2.75, 3.05) is 32.7 Å². The van der Waals surface area contributed by atoms with E-state index in [0.29, 0.717) is 0 Å². The Balaban J connectivity index is 2.40. The van der Waals surface area contributed by atoms with Crippen LogP contribution in [0.5, 0.6) is 0 Å². The normalized spacial score (nSPS) is 20.4. The minimum Gasteiger partial charge on any atom is -0.351 e. The van der Waals surface area contributed by atoms with E-state index in [9.17, 15) is 9.59 Å². The van der Waals surface area contributed by atoms with Gasteiger partial charge in [0.2, 0.25) is 5.91 Å². The second-order valence-corrected chi connectivity index (χ2v) is 4.00. The van der Waals surface area contributed by atoms with Crippen LogP contribution in [0, 0.1) is 0 Å². The van der Waals surface area contributed by atoms with E-state index in [2.05, 4.69) is 22.0 Å². The van der Waals surface area contributed by atoms with Gasteiger partial charge in [-0.1, -0.05) is 6.92 Å². The minimum absolute atomic E-state index is 0.300. The van der Waals surface area contributed by atoms with Crippen molar-refractivity contribution in [3.8, 4) is 0 Å². The second kappa shape index (κ2) is 5.81. The van der Waals surface area contributed by atoms with Crippen LogP contribution >= 0.6 is 0 Å². The van der Waals surface area contributed by atoms with Crippen LogP contribution in [0.2, 0.25) is 0 Å². The molecule has 6 nitrogen and oxygen atoms in total. The highest BCUT2D eigenvalue weighted by Crippen LogP contribution is 2.05. The molecule has 1 rings (SSSR count). The summed E-state index contributed by atoms with van der Waals surface area (Å²) in [6, 6.07) is -1.09. The molecule has 0 aromatic carbocycles. The van der Waals surface area contributed by atoms with Gasteiger partial charge >= 0.3 is 6.03 Å². The van der Waals surface area contributed by atoms with E-state index >= 15 is 0 Å². The summed E-state index contributed by atoms with van der Waals surface area (Å²) in [6.45, 7) is 8.58. The Kier molecular flexibility index (Phi) is 4.70. The molecule has 0 aliphatic carbocycles. The average Bonchev–Trinajstić information content (AvgIpc) is 2.27. The fraction of sp³-hybridized carbons (Fsp3) is 0.800. The van der Waals surface area contributed by atoms with Gasteiger partial charge in [0.05, 0.1) is 6.04 Å². The number of nitrogens with two attached hydrogens (primary N) is 1. The lowest BCUT2D eigenvalue weighted by atomic mass is 10.2. The smallest absolute Gasteiger partial charge is 0.318 e. The van der Waals surface area contributed by atoms with Crippen LogP contribution in [-0.2, 0) is 4.79 Å². The van der Waals surface area contributed by atoms with Crippen molar-refractivity contribution in [1.29, 1.82) is 0 Å². The summed E-state index contributed by atoms with van der Waals surface area (Å²) in [5, 5.41) is 2.11. The Hall–Kier alpha value is -1.14. The molecule has 3 amide bonds. The number of rotatable bonds is 3. The Morgan fingerprint density at radius 2 is 1.88 bits per heavy atom. The average molecular weight is 228 g/mol. The molecule has 1 saturated heterocycles. The number of piperazine rings is 1. The van der Waals surface area contributed by atoms with Crippen molar-refractivity contribution < 1.29 is 9.59 Å². The zero-order valence-corrected chi connectivity index (χ0v) is 9.90. The molecule has 0 saturated carbocycles. The van der Waals surface area contributed by atoms with Gasteiger partial charge in [-0.15, -0.1) is 0 Å². The van der Waals surface area contributed by atoms with Crippen LogP contribution < -0.4 is 11.1 Å². The Bertz CT molecular complexity index is 262. The van der Waals surface area contributed by atoms with Crippen molar-refractivity contribution in [3.05, 3.63) is 0 Å². The molecular formula is C10H20N4O2. The highest BCUT2D eigenvalue weighted by molar-refractivity contribution is 5.96. The predicted molar refractivity (Wildman–Crippen MR) is 60.9 cm³/mol. The number of nitrogens with zero attached hydrogens (tertiary/aromatic N) is 2. The number of carbonyl (C=O) groups excluding carboxylic acids is 2. The van der Waals surface area contributed by atoms with Crippen molar-refractivity contribution in [3.63, 3.8) is 0 Å². The van der Waals surface area contributed by atoms with Crippen molar-refractivity contribution in [1.82, 2.24) is 15.1 Å². The predicted octanol–water partition coefficient (Wildman–Crippen LogP) is -0.793. The first-order valence-electron chi connectivity index (χ1n) is 5.61. The second-order valence-electron chi connectivity index (χ2n) is 4.00. The molecule has 0 aromatic rings. The number of carbonyl (C=O) groups is 2. The fourth-order valence-electron chi connectivity index (χ4n) is 1.86. The number of hydrogen-bond acceptors (Lipinski definition) is 4. The van der Waals surface area contributed by atoms with Crippen LogP contribution in [-0.4, -0.2) is 60.5 Å². The van der Waals surface area contributed by atoms with Gasteiger partial charge < -0.3 is 10.6 Å². The number of likely N-dealkylation sites (N-methyl/N-ethyl adjacent to an activating group) is 1. The van der Waals surface area contributed by atoms with E-state index in [0.717, 1.165) is 32.7 Å². The first-order chi connectivity index (χ1) is 7.54. The summed E-state index contributed by atoms with van der Waals surface area (Å²) < 4.78 is 0. The number of hydrogen-bond donors (Lipinski definition) is 2. The summed E-state index contributed by atoms with van der Waals surface area (Å²) in [5.74, 6) is -0.322. The maximum atomic E-state index is 11.5. The molecule has 1 unspecified atom stereocenters. The minimum atomic E-state index is -0.788. The molecule has 6 heteroatoms. The fourth-order valence-corrected chi connectivity index (χ4v) is 1.86. The third kappa shape index (κ3) is 3.46. The van der Waals surface area contributed by atoms with E-state index in [1.807, 2.05) is 0 Å². The number of nitrogens with one attached hydrogen (secondary N) is 1. The molecule has 0 radical (unpaired) electrons. The van der Waals surface area contributed by atoms with Crippen LogP contribution in [0.25, 0.3) is 0 Å². The molecule has 92 valence electrons. The maximum Gasteiger partial charge on any atom is 0.318 e. The van der Waals surface area contributed by atoms with E-state index in [1.54, 1.807) is 6.92 Å². The maximum absolute atomic E-state index is 11.5. The number of imide groups is 1. The van der Waals surface area contributed by atoms with Crippen LogP contribution in [0.4, 0.5) is 4.79 Å². The quantitative estimate of drug-likeness (QED) is 0.663. The van der Waals surface area contributed by atoms with Gasteiger partial charge in [-0.3, -0.25) is 15.0 Å². The Labute approximate surface area is 95.8 Å². The molecule has 1 heterocycles. The zero-order valence-electron chi connectivity index (χ0n) is 9.90. The third-order valence-corrected chi connectivity index (χ3v) is 3.03. The van der Waals surface area contributed by atoms with Gasteiger partial charge in [-0.2, -0.15) is 0 Å². The lowest BCUT2D eigenvalue weighted by molar-refractivity contribution is -0.125. The molecule has 3 N–H and O–H groups in total. The Morgan fingerprint density at radius 1 is 1.31 bits per heavy atom. The lowest BCUT2D eigenvalue weighted by Gasteiger charge is -2.36. The monoisotopic (exact) mass is 228 g/mol. The molecule has 1 atom stereocenters. The van der Waals surface area contributed by atoms with E-state index in [4.69, 9.17) is 5.73 Å². The molecule has 0 spiro atoms. The van der Waals surface area contributed by atoms with E-state index in [-0.39, 0.29) is 11.9 Å². The Morgan fingerprint density at radius 3 is 2.31 bits per heavy atom. The van der Waals surface area contributed by atoms with Crippen LogP contribution in [0.3, 0.4) is 0 Å². The molecule has 0 bridgehead atoms. The van der Waals surface area contributed by atoms with E-state index in [1.165, 1.54) is 0 Å². The van der Waals surface area contributed by atoms with Gasteiger partial charge in [-0.25, -0.2) is 4.79 Å². The van der Waals surface area contributed by atoms with Gasteiger partial charge in [0, 0.05) is 26.2 Å². The summed E-state index contributed by atoms with van der Waals surface area (Å²) in [7, 11) is 0. The van der Waals surface area contributed by atoms with Crippen molar-refractivity contribution in [2.45, 2.75) is 19.9 Å². The summed E-state index contributed by atoms with van der Waals surface area (Å²) in [5.41, 5.74) is 4.91. The standard InChI is InChI=1S/C10H20N4O2/c1-3-13-4-6-14(7-5-13)8(2)9(15)12-10(11)16/h8H,3-7H2,1-2H3,(H3,11,12,15,16). The summed E-state index contributed by atoms with van der Waals surface area (Å²) in [6.07, 6.45) is 0. The highest BCUT2D eigenvalue weighted by Gasteiger charge is 2.25. The first kappa shape index (κ1) is 12.9. The molecular weight excluding hydrogens is 208 g/mol. The van der Waals surface area contributed by atoms with Crippen molar-refractivity contribution in [2.24, 2.45) is 5.73 Å². The lowest BCUT2D eigenvalue weighted by Crippen LogP contribution is -2.54. The molecule has 0 aromatic heterocycles. The summed E-state index contributed by atoms with van der Waals surface area (Å²) in [4.78, 5) is 26.5. The molecule has 1 fully saturated rings. The topological polar surface area (TPSA) is 78.7 Å². The first-order valence-corrected chi connectivity index (χ1v) is 5.61. The number of amides is 3. The van der Waals surface area contributed by atoms with Crippen molar-refractivity contribution >= 4 is 11.9 Å². The zero-order chi connectivity index (χ0) is 12.1. The molecule has 1 aliphatic rings. The number of primary amides is 1. The number of urea groups is 1. The SMILES string of the molecule is CCN1CCN(C(C)C(=O)NC(N)=O)CC1. The van der Waals surface area contributed by atoms with Gasteiger partial charge in [-0.05, 0) is 13.5 Å². The van der Waals surface area contributed by atoms with Gasteiger partial charge in [0.15, 0.2) is 0 Å². The third-order valence-electron chi connectivity index (χ3n) is 3.03. The molecule has 1 aliphatic heterocycles. The van der Waals surface area contributed by atoms with Crippen LogP contribution in [0.15, 0.2) is 0 Å². The molecule has 16 heavy (non-hydrogen) atoms. The van der Waals surface area contributed by atoms with E-state index < -0.39 is 6.03 Å². The summed E-state index contributed by atoms with van der Waals surface area (Å²) >= 11 is 0. The van der Waals surface area contributed by atoms with Gasteiger partial charge in [0.1, 0.15) is 0 Å². The van der Waals surface area contributed by atoms with Gasteiger partial charge in [0.25, 0.3) is 0 Å². The van der Waals surface area contributed by atoms with Crippen LogP contribution in [0.1, 0.15) is 13.8 Å². The largest absolute Gasteiger partial charge is 0.351 e.